The van der Waals surface area contributed by atoms with E-state index < -0.39 is 11.5 Å². The van der Waals surface area contributed by atoms with Crippen LogP contribution in [0.15, 0.2) is 46.6 Å². The fourth-order valence-corrected chi connectivity index (χ4v) is 5.07. The number of carbonyl (C=O) groups is 1. The number of benzene rings is 2. The molecule has 1 amide bonds. The molecule has 2 N–H and O–H groups in total. The van der Waals surface area contributed by atoms with Gasteiger partial charge >= 0.3 is 0 Å². The van der Waals surface area contributed by atoms with E-state index in [0.29, 0.717) is 29.4 Å². The quantitative estimate of drug-likeness (QED) is 0.390. The van der Waals surface area contributed by atoms with Gasteiger partial charge < -0.3 is 24.8 Å². The summed E-state index contributed by atoms with van der Waals surface area (Å²) in [6.45, 7) is 1.37. The molecule has 1 aliphatic heterocycles. The third-order valence-electron chi connectivity index (χ3n) is 6.42. The summed E-state index contributed by atoms with van der Waals surface area (Å²) in [5.74, 6) is -0.756. The van der Waals surface area contributed by atoms with Gasteiger partial charge in [-0.05, 0) is 49.2 Å². The molecule has 2 aromatic heterocycles. The van der Waals surface area contributed by atoms with E-state index in [0.717, 1.165) is 35.5 Å². The smallest absolute Gasteiger partial charge is 0.280 e. The molecule has 0 aliphatic carbocycles. The molecule has 9 nitrogen and oxygen atoms in total. The molecule has 1 fully saturated rings. The second-order valence-electron chi connectivity index (χ2n) is 9.12. The average molecular weight is 523 g/mol. The Hall–Kier alpha value is -3.83. The van der Waals surface area contributed by atoms with Crippen LogP contribution < -0.4 is 15.8 Å². The molecule has 37 heavy (non-hydrogen) atoms. The van der Waals surface area contributed by atoms with E-state index in [4.69, 9.17) is 4.74 Å². The lowest BCUT2D eigenvalue weighted by Gasteiger charge is -2.34. The fraction of sp³-hybridized carbons (Fsp3) is 0.308. The maximum Gasteiger partial charge on any atom is 0.280 e. The lowest BCUT2D eigenvalue weighted by molar-refractivity contribution is 0.0820. The molecule has 0 spiro atoms. The minimum atomic E-state index is -0.546. The van der Waals surface area contributed by atoms with Crippen LogP contribution >= 0.6 is 11.3 Å². The van der Waals surface area contributed by atoms with Gasteiger partial charge in [-0.25, -0.2) is 14.4 Å². The zero-order chi connectivity index (χ0) is 26.1. The number of nitrogens with one attached hydrogen (secondary N) is 2. The summed E-state index contributed by atoms with van der Waals surface area (Å²) in [4.78, 5) is 40.6. The first-order valence-electron chi connectivity index (χ1n) is 11.9. The summed E-state index contributed by atoms with van der Waals surface area (Å²) < 4.78 is 18.9. The van der Waals surface area contributed by atoms with Crippen LogP contribution in [0, 0.1) is 5.82 Å². The topological polar surface area (TPSA) is 103 Å². The van der Waals surface area contributed by atoms with Crippen molar-refractivity contribution in [1.82, 2.24) is 19.9 Å². The highest BCUT2D eigenvalue weighted by Gasteiger charge is 2.23. The summed E-state index contributed by atoms with van der Waals surface area (Å²) in [6, 6.07) is 10.1. The van der Waals surface area contributed by atoms with E-state index >= 15 is 0 Å². The number of nitrogens with zero attached hydrogens (tertiary/aromatic N) is 4. The van der Waals surface area contributed by atoms with Gasteiger partial charge in [0.1, 0.15) is 5.82 Å². The van der Waals surface area contributed by atoms with Crippen molar-refractivity contribution >= 4 is 44.8 Å². The number of H-pyrrole nitrogens is 1. The van der Waals surface area contributed by atoms with E-state index in [2.05, 4.69) is 25.2 Å². The van der Waals surface area contributed by atoms with Gasteiger partial charge in [-0.1, -0.05) is 0 Å². The largest absolute Gasteiger partial charge is 0.381 e. The Morgan fingerprint density at radius 2 is 1.86 bits per heavy atom. The molecule has 0 bridgehead atoms. The minimum Gasteiger partial charge on any atom is -0.381 e. The summed E-state index contributed by atoms with van der Waals surface area (Å²) in [6.07, 6.45) is 1.76. The summed E-state index contributed by atoms with van der Waals surface area (Å²) in [5, 5.41) is 5.95. The Morgan fingerprint density at radius 1 is 1.14 bits per heavy atom. The van der Waals surface area contributed by atoms with E-state index in [-0.39, 0.29) is 17.6 Å². The monoisotopic (exact) mass is 522 g/mol. The fourth-order valence-electron chi connectivity index (χ4n) is 4.34. The minimum absolute atomic E-state index is 0.151. The number of halogens is 1. The molecule has 5 rings (SSSR count). The van der Waals surface area contributed by atoms with E-state index in [1.54, 1.807) is 26.2 Å². The molecule has 192 valence electrons. The number of ether oxygens (including phenoxy) is 1. The maximum absolute atomic E-state index is 13.3. The first-order valence-corrected chi connectivity index (χ1v) is 12.8. The highest BCUT2D eigenvalue weighted by atomic mass is 32.1. The Morgan fingerprint density at radius 3 is 2.57 bits per heavy atom. The van der Waals surface area contributed by atoms with Crippen molar-refractivity contribution in [2.75, 3.05) is 44.6 Å². The Balaban J connectivity index is 1.56. The molecular formula is C26H27FN6O3S. The van der Waals surface area contributed by atoms with Crippen molar-refractivity contribution < 1.29 is 13.9 Å². The molecule has 1 saturated heterocycles. The van der Waals surface area contributed by atoms with Crippen LogP contribution in [0.5, 0.6) is 0 Å². The molecule has 4 aromatic rings. The van der Waals surface area contributed by atoms with Crippen molar-refractivity contribution in [3.05, 3.63) is 63.6 Å². The summed E-state index contributed by atoms with van der Waals surface area (Å²) >= 11 is 1.43. The van der Waals surface area contributed by atoms with Crippen LogP contribution in [0.4, 0.5) is 20.9 Å². The van der Waals surface area contributed by atoms with Crippen LogP contribution in [0.1, 0.15) is 23.3 Å². The van der Waals surface area contributed by atoms with Crippen molar-refractivity contribution in [2.24, 2.45) is 0 Å². The molecule has 1 aliphatic rings. The van der Waals surface area contributed by atoms with Crippen LogP contribution in [0.25, 0.3) is 22.3 Å². The molecule has 3 heterocycles. The third-order valence-corrected chi connectivity index (χ3v) is 7.18. The zero-order valence-corrected chi connectivity index (χ0v) is 21.6. The summed E-state index contributed by atoms with van der Waals surface area (Å²) in [5.41, 5.74) is 3.46. The molecule has 0 radical (unpaired) electrons. The molecule has 2 aromatic carbocycles. The second-order valence-corrected chi connectivity index (χ2v) is 9.98. The first-order chi connectivity index (χ1) is 17.8. The molecular weight excluding hydrogens is 495 g/mol. The highest BCUT2D eigenvalue weighted by molar-refractivity contribution is 7.14. The molecule has 0 unspecified atom stereocenters. The second kappa shape index (κ2) is 10.3. The molecule has 0 saturated carbocycles. The van der Waals surface area contributed by atoms with Crippen molar-refractivity contribution in [3.63, 3.8) is 0 Å². The summed E-state index contributed by atoms with van der Waals surface area (Å²) in [7, 11) is 5.18. The molecule has 0 atom stereocenters. The highest BCUT2D eigenvalue weighted by Crippen LogP contribution is 2.36. The van der Waals surface area contributed by atoms with Crippen LogP contribution in [0.3, 0.4) is 0 Å². The van der Waals surface area contributed by atoms with Gasteiger partial charge in [-0.15, -0.1) is 11.3 Å². The van der Waals surface area contributed by atoms with E-state index in [9.17, 15) is 14.0 Å². The van der Waals surface area contributed by atoms with Crippen LogP contribution in [0.2, 0.25) is 0 Å². The number of thiazole rings is 1. The van der Waals surface area contributed by atoms with Crippen molar-refractivity contribution in [2.45, 2.75) is 18.9 Å². The number of hydrogen-bond acceptors (Lipinski definition) is 8. The Bertz CT molecular complexity index is 1490. The number of aromatic nitrogens is 3. The van der Waals surface area contributed by atoms with Crippen LogP contribution in [-0.2, 0) is 4.74 Å². The number of fused-ring (bicyclic) bond motifs is 1. The average Bonchev–Trinajstić information content (AvgIpc) is 3.36. The van der Waals surface area contributed by atoms with Gasteiger partial charge in [0.15, 0.2) is 10.8 Å². The lowest BCUT2D eigenvalue weighted by atomic mass is 10.1. The SMILES string of the molecule is CN(C)C(=O)c1nc2cc(N(C)C3CCOCC3)c(Nc3nc(-c4ccc(F)cc4)cs3)cc2[nH]c1=O. The predicted molar refractivity (Wildman–Crippen MR) is 143 cm³/mol. The number of amides is 1. The number of carbonyl (C=O) groups excluding carboxylic acids is 1. The van der Waals surface area contributed by atoms with Crippen molar-refractivity contribution in [1.29, 1.82) is 0 Å². The van der Waals surface area contributed by atoms with Gasteiger partial charge in [-0.3, -0.25) is 9.59 Å². The first kappa shape index (κ1) is 24.8. The number of aromatic amines is 1. The van der Waals surface area contributed by atoms with Gasteiger partial charge in [-0.2, -0.15) is 0 Å². The van der Waals surface area contributed by atoms with E-state index in [1.807, 2.05) is 24.6 Å². The van der Waals surface area contributed by atoms with Gasteiger partial charge in [0, 0.05) is 51.3 Å². The predicted octanol–water partition coefficient (Wildman–Crippen LogP) is 4.25. The number of hydrogen-bond donors (Lipinski definition) is 2. The molecule has 11 heteroatoms. The standard InChI is InChI=1S/C26H27FN6O3S/c1-32(2)25(35)23-24(34)29-18-12-20(22(13-19(18)28-23)33(3)17-8-10-36-11-9-17)30-26-31-21(14-37-26)15-4-6-16(27)7-5-15/h4-7,12-14,17H,8-11H2,1-3H3,(H,29,34)(H,30,31). The number of anilines is 3. The Kier molecular flexibility index (Phi) is 6.90. The Labute approximate surface area is 216 Å². The zero-order valence-electron chi connectivity index (χ0n) is 20.7. The maximum atomic E-state index is 13.3. The third kappa shape index (κ3) is 5.18. The van der Waals surface area contributed by atoms with Crippen LogP contribution in [-0.4, -0.2) is 66.2 Å². The van der Waals surface area contributed by atoms with Gasteiger partial charge in [0.2, 0.25) is 0 Å². The van der Waals surface area contributed by atoms with Crippen molar-refractivity contribution in [3.8, 4) is 11.3 Å². The normalized spacial score (nSPS) is 14.1. The van der Waals surface area contributed by atoms with Gasteiger partial charge in [0.05, 0.1) is 28.1 Å². The number of rotatable bonds is 6. The van der Waals surface area contributed by atoms with E-state index in [1.165, 1.54) is 28.4 Å². The lowest BCUT2D eigenvalue weighted by Crippen LogP contribution is -2.37. The van der Waals surface area contributed by atoms with Gasteiger partial charge in [0.25, 0.3) is 11.5 Å².